The molecular weight excluding hydrogens is 232 g/mol. The largest absolute Gasteiger partial charge is 0.457 e. The first kappa shape index (κ1) is 15.1. The summed E-state index contributed by atoms with van der Waals surface area (Å²) in [6, 6.07) is 0. The third-order valence-corrected chi connectivity index (χ3v) is 2.57. The molecule has 0 aromatic heterocycles. The summed E-state index contributed by atoms with van der Waals surface area (Å²) >= 11 is 0. The first-order chi connectivity index (χ1) is 7.24. The van der Waals surface area contributed by atoms with Crippen molar-refractivity contribution in [3.8, 4) is 0 Å². The Morgan fingerprint density at radius 3 is 2.19 bits per heavy atom. The molecular formula is C10H18O5S. The van der Waals surface area contributed by atoms with Crippen LogP contribution in [0.2, 0.25) is 0 Å². The fourth-order valence-corrected chi connectivity index (χ4v) is 1.34. The van der Waals surface area contributed by atoms with Crippen LogP contribution in [0.3, 0.4) is 0 Å². The van der Waals surface area contributed by atoms with Crippen LogP contribution in [0.1, 0.15) is 27.7 Å². The molecule has 0 aromatic rings. The summed E-state index contributed by atoms with van der Waals surface area (Å²) < 4.78 is 20.5. The van der Waals surface area contributed by atoms with Crippen LogP contribution in [0.5, 0.6) is 0 Å². The van der Waals surface area contributed by atoms with Gasteiger partial charge in [0, 0.05) is 16.6 Å². The first-order valence-electron chi connectivity index (χ1n) is 4.97. The highest BCUT2D eigenvalue weighted by atomic mass is 32.2. The van der Waals surface area contributed by atoms with Gasteiger partial charge in [0.25, 0.3) is 0 Å². The molecule has 94 valence electrons. The Balaban J connectivity index is 3.84. The molecule has 0 aliphatic heterocycles. The molecule has 5 nitrogen and oxygen atoms in total. The van der Waals surface area contributed by atoms with Crippen LogP contribution in [-0.2, 0) is 29.9 Å². The highest BCUT2D eigenvalue weighted by molar-refractivity contribution is 7.85. The van der Waals surface area contributed by atoms with E-state index >= 15 is 0 Å². The fourth-order valence-electron chi connectivity index (χ4n) is 0.786. The fraction of sp³-hybridized carbons (Fsp3) is 0.800. The van der Waals surface area contributed by atoms with E-state index in [9.17, 15) is 13.8 Å². The Morgan fingerprint density at radius 2 is 1.75 bits per heavy atom. The number of carbonyl (C=O) groups excluding carboxylic acids is 2. The highest BCUT2D eigenvalue weighted by Gasteiger charge is 2.18. The smallest absolute Gasteiger partial charge is 0.344 e. The lowest BCUT2D eigenvalue weighted by Crippen LogP contribution is -2.28. The van der Waals surface area contributed by atoms with E-state index in [4.69, 9.17) is 4.74 Å². The maximum atomic E-state index is 11.1. The molecule has 0 aliphatic rings. The van der Waals surface area contributed by atoms with Crippen LogP contribution in [0.4, 0.5) is 0 Å². The van der Waals surface area contributed by atoms with Gasteiger partial charge in [0.1, 0.15) is 11.4 Å². The van der Waals surface area contributed by atoms with Gasteiger partial charge in [0.2, 0.25) is 0 Å². The molecule has 1 atom stereocenters. The summed E-state index contributed by atoms with van der Waals surface area (Å²) in [5, 5.41) is 0. The van der Waals surface area contributed by atoms with Crippen molar-refractivity contribution in [2.45, 2.75) is 33.3 Å². The lowest BCUT2D eigenvalue weighted by Gasteiger charge is -2.19. The molecule has 0 radical (unpaired) electrons. The minimum absolute atomic E-state index is 0.181. The number of esters is 2. The summed E-state index contributed by atoms with van der Waals surface area (Å²) in [4.78, 5) is 22.2. The van der Waals surface area contributed by atoms with Crippen LogP contribution in [0.15, 0.2) is 0 Å². The minimum atomic E-state index is -1.22. The van der Waals surface area contributed by atoms with Crippen molar-refractivity contribution in [2.75, 3.05) is 18.1 Å². The molecule has 0 saturated carbocycles. The Morgan fingerprint density at radius 1 is 1.19 bits per heavy atom. The molecule has 0 fully saturated rings. The predicted molar refractivity (Wildman–Crippen MR) is 60.4 cm³/mol. The lowest BCUT2D eigenvalue weighted by molar-refractivity contribution is -0.165. The normalized spacial score (nSPS) is 13.0. The number of hydrogen-bond acceptors (Lipinski definition) is 5. The second-order valence-corrected chi connectivity index (χ2v) is 5.87. The summed E-state index contributed by atoms with van der Waals surface area (Å²) in [7, 11) is -1.22. The van der Waals surface area contributed by atoms with Crippen molar-refractivity contribution in [1.29, 1.82) is 0 Å². The quantitative estimate of drug-likeness (QED) is 0.670. The molecule has 0 aliphatic carbocycles. The molecule has 0 aromatic carbocycles. The van der Waals surface area contributed by atoms with Crippen molar-refractivity contribution in [2.24, 2.45) is 0 Å². The van der Waals surface area contributed by atoms with Crippen molar-refractivity contribution >= 4 is 22.7 Å². The average molecular weight is 250 g/mol. The summed E-state index contributed by atoms with van der Waals surface area (Å²) in [5.41, 5.74) is -0.601. The second kappa shape index (κ2) is 6.62. The number of rotatable bonds is 5. The minimum Gasteiger partial charge on any atom is -0.457 e. The van der Waals surface area contributed by atoms with Gasteiger partial charge in [-0.2, -0.15) is 0 Å². The van der Waals surface area contributed by atoms with Crippen LogP contribution >= 0.6 is 0 Å². The summed E-state index contributed by atoms with van der Waals surface area (Å²) in [5.74, 6) is -1.05. The van der Waals surface area contributed by atoms with Gasteiger partial charge in [-0.3, -0.25) is 9.00 Å². The van der Waals surface area contributed by atoms with Gasteiger partial charge in [0.05, 0.1) is 0 Å². The Hall–Kier alpha value is -0.910. The zero-order valence-electron chi connectivity index (χ0n) is 10.1. The third-order valence-electron chi connectivity index (χ3n) is 1.37. The van der Waals surface area contributed by atoms with Crippen LogP contribution < -0.4 is 0 Å². The van der Waals surface area contributed by atoms with Gasteiger partial charge in [-0.1, -0.05) is 6.92 Å². The van der Waals surface area contributed by atoms with E-state index in [1.165, 1.54) is 0 Å². The zero-order valence-corrected chi connectivity index (χ0v) is 10.9. The summed E-state index contributed by atoms with van der Waals surface area (Å²) in [6.45, 7) is 6.44. The maximum absolute atomic E-state index is 11.1. The van der Waals surface area contributed by atoms with Gasteiger partial charge in [-0.05, 0) is 20.8 Å². The van der Waals surface area contributed by atoms with Gasteiger partial charge < -0.3 is 9.47 Å². The molecule has 16 heavy (non-hydrogen) atoms. The molecule has 0 spiro atoms. The van der Waals surface area contributed by atoms with E-state index in [2.05, 4.69) is 4.74 Å². The third kappa shape index (κ3) is 8.40. The Kier molecular flexibility index (Phi) is 6.25. The molecule has 0 heterocycles. The van der Waals surface area contributed by atoms with Gasteiger partial charge in [-0.25, -0.2) is 4.79 Å². The van der Waals surface area contributed by atoms with Gasteiger partial charge >= 0.3 is 11.9 Å². The molecule has 0 N–H and O–H groups in total. The first-order valence-corrected chi connectivity index (χ1v) is 6.46. The van der Waals surface area contributed by atoms with Crippen molar-refractivity contribution < 1.29 is 23.3 Å². The van der Waals surface area contributed by atoms with E-state index in [-0.39, 0.29) is 5.75 Å². The molecule has 1 unspecified atom stereocenters. The van der Waals surface area contributed by atoms with E-state index in [0.717, 1.165) is 0 Å². The molecule has 0 bridgehead atoms. The van der Waals surface area contributed by atoms with Crippen molar-refractivity contribution in [3.63, 3.8) is 0 Å². The van der Waals surface area contributed by atoms with E-state index < -0.39 is 34.9 Å². The molecule has 0 saturated heterocycles. The number of hydrogen-bond donors (Lipinski definition) is 0. The SMILES string of the molecule is CCS(=O)CC(=O)OCC(=O)OC(C)(C)C. The van der Waals surface area contributed by atoms with E-state index in [1.807, 2.05) is 0 Å². The average Bonchev–Trinajstić information content (AvgIpc) is 2.12. The molecule has 0 amide bonds. The summed E-state index contributed by atoms with van der Waals surface area (Å²) in [6.07, 6.45) is 0. The van der Waals surface area contributed by atoms with Crippen molar-refractivity contribution in [1.82, 2.24) is 0 Å². The molecule has 6 heteroatoms. The predicted octanol–water partition coefficient (Wildman–Crippen LogP) is 0.640. The van der Waals surface area contributed by atoms with Crippen LogP contribution in [0.25, 0.3) is 0 Å². The number of ether oxygens (including phenoxy) is 2. The number of carbonyl (C=O) groups is 2. The van der Waals surface area contributed by atoms with Crippen molar-refractivity contribution in [3.05, 3.63) is 0 Å². The maximum Gasteiger partial charge on any atom is 0.344 e. The second-order valence-electron chi connectivity index (χ2n) is 4.12. The standard InChI is InChI=1S/C10H18O5S/c1-5-16(13)7-9(12)14-6-8(11)15-10(2,3)4/h5-7H2,1-4H3. The Labute approximate surface area is 97.9 Å². The molecule has 0 rings (SSSR count). The lowest BCUT2D eigenvalue weighted by atomic mass is 10.2. The van der Waals surface area contributed by atoms with Gasteiger partial charge in [-0.15, -0.1) is 0 Å². The zero-order chi connectivity index (χ0) is 12.8. The highest BCUT2D eigenvalue weighted by Crippen LogP contribution is 2.06. The monoisotopic (exact) mass is 250 g/mol. The van der Waals surface area contributed by atoms with Gasteiger partial charge in [0.15, 0.2) is 6.61 Å². The topological polar surface area (TPSA) is 69.7 Å². The van der Waals surface area contributed by atoms with E-state index in [1.54, 1.807) is 27.7 Å². The van der Waals surface area contributed by atoms with E-state index in [0.29, 0.717) is 5.75 Å². The van der Waals surface area contributed by atoms with Crippen LogP contribution in [-0.4, -0.2) is 39.9 Å². The Bertz CT molecular complexity index is 279. The van der Waals surface area contributed by atoms with Crippen LogP contribution in [0, 0.1) is 0 Å².